The number of aryl methyl sites for hydroxylation is 2. The smallest absolute Gasteiger partial charge is 0.345 e. The number of para-hydroxylation sites is 1. The average molecular weight is 376 g/mol. The van der Waals surface area contributed by atoms with Crippen molar-refractivity contribution < 1.29 is 14.5 Å². The summed E-state index contributed by atoms with van der Waals surface area (Å²) in [5.41, 5.74) is 1.92. The van der Waals surface area contributed by atoms with E-state index in [1.807, 2.05) is 30.3 Å². The number of esters is 1. The summed E-state index contributed by atoms with van der Waals surface area (Å²) in [7, 11) is 0. The third-order valence-electron chi connectivity index (χ3n) is 4.26. The highest BCUT2D eigenvalue weighted by Crippen LogP contribution is 2.24. The number of nitro benzene ring substituents is 1. The van der Waals surface area contributed by atoms with Gasteiger partial charge in [0.1, 0.15) is 23.8 Å². The topological polar surface area (TPSA) is 111 Å². The molecule has 0 radical (unpaired) electrons. The lowest BCUT2D eigenvalue weighted by molar-refractivity contribution is -0.385. The van der Waals surface area contributed by atoms with Crippen molar-refractivity contribution in [2.24, 2.45) is 0 Å². The second kappa shape index (κ2) is 7.72. The molecule has 0 unspecified atom stereocenters. The van der Waals surface area contributed by atoms with Crippen LogP contribution in [0, 0.1) is 35.3 Å². The Morgan fingerprint density at radius 3 is 2.57 bits per heavy atom. The molecular formula is C20H16N4O4. The van der Waals surface area contributed by atoms with Crippen LogP contribution in [0.1, 0.15) is 32.9 Å². The summed E-state index contributed by atoms with van der Waals surface area (Å²) in [6.45, 7) is 3.04. The molecule has 1 heterocycles. The normalized spacial score (nSPS) is 10.3. The lowest BCUT2D eigenvalue weighted by Gasteiger charge is -2.10. The van der Waals surface area contributed by atoms with E-state index in [-0.39, 0.29) is 17.9 Å². The van der Waals surface area contributed by atoms with Gasteiger partial charge in [0.25, 0.3) is 5.69 Å². The van der Waals surface area contributed by atoms with Crippen molar-refractivity contribution in [3.05, 3.63) is 86.7 Å². The Balaban J connectivity index is 1.95. The number of hydrogen-bond donors (Lipinski definition) is 0. The van der Waals surface area contributed by atoms with Crippen LogP contribution in [0.25, 0.3) is 5.69 Å². The molecule has 0 fully saturated rings. The van der Waals surface area contributed by atoms with E-state index in [0.29, 0.717) is 28.2 Å². The Morgan fingerprint density at radius 2 is 1.93 bits per heavy atom. The van der Waals surface area contributed by atoms with E-state index in [4.69, 9.17) is 4.74 Å². The molecule has 2 aromatic carbocycles. The minimum absolute atomic E-state index is 0.103. The van der Waals surface area contributed by atoms with Crippen molar-refractivity contribution >= 4 is 11.7 Å². The maximum absolute atomic E-state index is 12.6. The van der Waals surface area contributed by atoms with Gasteiger partial charge in [0.05, 0.1) is 22.0 Å². The zero-order valence-electron chi connectivity index (χ0n) is 15.2. The number of nitro groups is 1. The van der Waals surface area contributed by atoms with Crippen LogP contribution in [-0.4, -0.2) is 20.7 Å². The maximum Gasteiger partial charge on any atom is 0.345 e. The summed E-state index contributed by atoms with van der Waals surface area (Å²) >= 11 is 0. The number of rotatable bonds is 5. The summed E-state index contributed by atoms with van der Waals surface area (Å²) in [6, 6.07) is 15.6. The number of hydrogen-bond acceptors (Lipinski definition) is 6. The van der Waals surface area contributed by atoms with Crippen molar-refractivity contribution in [3.63, 3.8) is 0 Å². The minimum atomic E-state index is -0.827. The fourth-order valence-electron chi connectivity index (χ4n) is 2.91. The first-order chi connectivity index (χ1) is 13.4. The van der Waals surface area contributed by atoms with Gasteiger partial charge in [0, 0.05) is 6.07 Å². The minimum Gasteiger partial charge on any atom is -0.455 e. The van der Waals surface area contributed by atoms with Gasteiger partial charge >= 0.3 is 5.97 Å². The predicted molar refractivity (Wildman–Crippen MR) is 100.0 cm³/mol. The third-order valence-corrected chi connectivity index (χ3v) is 4.26. The highest BCUT2D eigenvalue weighted by atomic mass is 16.6. The SMILES string of the molecule is Cc1cccc([N+](=O)[O-])c1C(=O)OCc1c(C#N)c(C)nn1-c1ccccc1. The van der Waals surface area contributed by atoms with Crippen LogP contribution in [0.3, 0.4) is 0 Å². The number of ether oxygens (including phenoxy) is 1. The van der Waals surface area contributed by atoms with Crippen molar-refractivity contribution in [2.45, 2.75) is 20.5 Å². The number of benzene rings is 2. The molecule has 0 saturated carbocycles. The highest BCUT2D eigenvalue weighted by molar-refractivity contribution is 5.95. The van der Waals surface area contributed by atoms with E-state index in [2.05, 4.69) is 11.2 Å². The fraction of sp³-hybridized carbons (Fsp3) is 0.150. The Labute approximate surface area is 160 Å². The molecule has 0 aliphatic rings. The summed E-state index contributed by atoms with van der Waals surface area (Å²) in [5, 5.41) is 25.1. The number of carbonyl (C=O) groups excluding carboxylic acids is 1. The average Bonchev–Trinajstić information content (AvgIpc) is 3.01. The number of nitrogens with zero attached hydrogens (tertiary/aromatic N) is 4. The zero-order chi connectivity index (χ0) is 20.3. The van der Waals surface area contributed by atoms with E-state index in [1.165, 1.54) is 16.8 Å². The molecule has 3 rings (SSSR count). The largest absolute Gasteiger partial charge is 0.455 e. The first kappa shape index (κ1) is 18.8. The van der Waals surface area contributed by atoms with Crippen LogP contribution in [-0.2, 0) is 11.3 Å². The molecule has 0 saturated heterocycles. The quantitative estimate of drug-likeness (QED) is 0.382. The monoisotopic (exact) mass is 376 g/mol. The first-order valence-electron chi connectivity index (χ1n) is 8.39. The molecule has 0 spiro atoms. The summed E-state index contributed by atoms with van der Waals surface area (Å²) < 4.78 is 6.88. The third kappa shape index (κ3) is 3.46. The van der Waals surface area contributed by atoms with Crippen molar-refractivity contribution in [2.75, 3.05) is 0 Å². The Morgan fingerprint density at radius 1 is 1.21 bits per heavy atom. The number of nitriles is 1. The second-order valence-corrected chi connectivity index (χ2v) is 6.07. The van der Waals surface area contributed by atoms with Crippen LogP contribution in [0.2, 0.25) is 0 Å². The molecule has 140 valence electrons. The molecule has 0 N–H and O–H groups in total. The Bertz CT molecular complexity index is 1100. The van der Waals surface area contributed by atoms with Gasteiger partial charge in [0.15, 0.2) is 0 Å². The fourth-order valence-corrected chi connectivity index (χ4v) is 2.91. The van der Waals surface area contributed by atoms with Gasteiger partial charge in [-0.25, -0.2) is 9.48 Å². The van der Waals surface area contributed by atoms with Gasteiger partial charge in [-0.2, -0.15) is 10.4 Å². The molecule has 8 nitrogen and oxygen atoms in total. The van der Waals surface area contributed by atoms with E-state index in [0.717, 1.165) is 0 Å². The summed E-state index contributed by atoms with van der Waals surface area (Å²) in [6.07, 6.45) is 0. The van der Waals surface area contributed by atoms with Crippen LogP contribution < -0.4 is 0 Å². The Kier molecular flexibility index (Phi) is 5.18. The van der Waals surface area contributed by atoms with Crippen molar-refractivity contribution in [1.29, 1.82) is 5.26 Å². The lowest BCUT2D eigenvalue weighted by atomic mass is 10.1. The molecule has 0 aliphatic carbocycles. The molecule has 0 atom stereocenters. The molecule has 0 amide bonds. The van der Waals surface area contributed by atoms with E-state index < -0.39 is 10.9 Å². The van der Waals surface area contributed by atoms with Gasteiger partial charge in [-0.1, -0.05) is 30.3 Å². The van der Waals surface area contributed by atoms with E-state index in [1.54, 1.807) is 19.9 Å². The highest BCUT2D eigenvalue weighted by Gasteiger charge is 2.25. The van der Waals surface area contributed by atoms with Crippen LogP contribution in [0.5, 0.6) is 0 Å². The Hall–Kier alpha value is -3.99. The molecule has 8 heteroatoms. The first-order valence-corrected chi connectivity index (χ1v) is 8.39. The maximum atomic E-state index is 12.6. The van der Waals surface area contributed by atoms with Crippen LogP contribution >= 0.6 is 0 Å². The number of carbonyl (C=O) groups is 1. The molecule has 0 aliphatic heterocycles. The van der Waals surface area contributed by atoms with Gasteiger partial charge in [0.2, 0.25) is 0 Å². The van der Waals surface area contributed by atoms with E-state index in [9.17, 15) is 20.2 Å². The summed E-state index contributed by atoms with van der Waals surface area (Å²) in [5.74, 6) is -0.827. The van der Waals surface area contributed by atoms with Crippen molar-refractivity contribution in [1.82, 2.24) is 9.78 Å². The molecule has 1 aromatic heterocycles. The standard InChI is InChI=1S/C20H16N4O4/c1-13-7-6-10-17(24(26)27)19(13)20(25)28-12-18-16(11-21)14(2)22-23(18)15-8-4-3-5-9-15/h3-10H,12H2,1-2H3. The molecule has 3 aromatic rings. The van der Waals surface area contributed by atoms with E-state index >= 15 is 0 Å². The zero-order valence-corrected chi connectivity index (χ0v) is 15.2. The summed E-state index contributed by atoms with van der Waals surface area (Å²) in [4.78, 5) is 23.2. The van der Waals surface area contributed by atoms with Gasteiger partial charge in [-0.05, 0) is 31.5 Å². The predicted octanol–water partition coefficient (Wildman–Crippen LogP) is 3.63. The molecule has 28 heavy (non-hydrogen) atoms. The molecular weight excluding hydrogens is 360 g/mol. The lowest BCUT2D eigenvalue weighted by Crippen LogP contribution is -2.12. The van der Waals surface area contributed by atoms with Crippen LogP contribution in [0.15, 0.2) is 48.5 Å². The van der Waals surface area contributed by atoms with Gasteiger partial charge in [-0.3, -0.25) is 10.1 Å². The molecule has 0 bridgehead atoms. The van der Waals surface area contributed by atoms with Crippen LogP contribution in [0.4, 0.5) is 5.69 Å². The van der Waals surface area contributed by atoms with Crippen molar-refractivity contribution in [3.8, 4) is 11.8 Å². The number of aromatic nitrogens is 2. The van der Waals surface area contributed by atoms with Gasteiger partial charge in [-0.15, -0.1) is 0 Å². The van der Waals surface area contributed by atoms with Gasteiger partial charge < -0.3 is 4.74 Å². The second-order valence-electron chi connectivity index (χ2n) is 6.07.